The molecule has 15 heavy (non-hydrogen) atoms. The molecule has 0 amide bonds. The van der Waals surface area contributed by atoms with Crippen LogP contribution in [0.4, 0.5) is 0 Å². The lowest BCUT2D eigenvalue weighted by Gasteiger charge is -2.13. The fourth-order valence-corrected chi connectivity index (χ4v) is 2.54. The number of hydrogen-bond donors (Lipinski definition) is 1. The molecule has 1 aromatic carbocycles. The van der Waals surface area contributed by atoms with Crippen LogP contribution in [-0.2, 0) is 0 Å². The SMILES string of the molecule is Cc1ccc([C@@H](N)c2cccs2)c(C)c1. The standard InChI is InChI=1S/C13H15NS/c1-9-5-6-11(10(2)8-9)13(14)12-4-3-7-15-12/h3-8,13H,14H2,1-2H3/t13-/m1/s1. The van der Waals surface area contributed by atoms with Gasteiger partial charge in [-0.1, -0.05) is 29.8 Å². The minimum absolute atomic E-state index is 0.0191. The van der Waals surface area contributed by atoms with Gasteiger partial charge in [-0.25, -0.2) is 0 Å². The Morgan fingerprint density at radius 2 is 2.00 bits per heavy atom. The molecule has 0 saturated heterocycles. The predicted molar refractivity (Wildman–Crippen MR) is 66.3 cm³/mol. The lowest BCUT2D eigenvalue weighted by molar-refractivity contribution is 0.881. The highest BCUT2D eigenvalue weighted by molar-refractivity contribution is 7.10. The van der Waals surface area contributed by atoms with Gasteiger partial charge in [-0.05, 0) is 36.4 Å². The zero-order chi connectivity index (χ0) is 10.8. The normalized spacial score (nSPS) is 12.7. The molecule has 1 aromatic heterocycles. The highest BCUT2D eigenvalue weighted by Crippen LogP contribution is 2.26. The van der Waals surface area contributed by atoms with Crippen LogP contribution in [0.5, 0.6) is 0 Å². The smallest absolute Gasteiger partial charge is 0.0648 e. The maximum Gasteiger partial charge on any atom is 0.0648 e. The highest BCUT2D eigenvalue weighted by Gasteiger charge is 2.11. The first-order valence-electron chi connectivity index (χ1n) is 5.04. The first-order valence-corrected chi connectivity index (χ1v) is 5.92. The Bertz CT molecular complexity index is 446. The second-order valence-corrected chi connectivity index (χ2v) is 4.83. The summed E-state index contributed by atoms with van der Waals surface area (Å²) in [6, 6.07) is 10.6. The number of aryl methyl sites for hydroxylation is 2. The van der Waals surface area contributed by atoms with Crippen LogP contribution in [0.25, 0.3) is 0 Å². The first-order chi connectivity index (χ1) is 7.18. The van der Waals surface area contributed by atoms with E-state index in [0.29, 0.717) is 0 Å². The summed E-state index contributed by atoms with van der Waals surface area (Å²) in [7, 11) is 0. The number of rotatable bonds is 2. The third-order valence-electron chi connectivity index (χ3n) is 2.61. The fraction of sp³-hybridized carbons (Fsp3) is 0.231. The molecule has 1 heterocycles. The number of benzene rings is 1. The van der Waals surface area contributed by atoms with Gasteiger partial charge in [0.25, 0.3) is 0 Å². The van der Waals surface area contributed by atoms with E-state index in [9.17, 15) is 0 Å². The molecule has 0 radical (unpaired) electrons. The average Bonchev–Trinajstić information content (AvgIpc) is 2.69. The van der Waals surface area contributed by atoms with Gasteiger partial charge < -0.3 is 5.73 Å². The zero-order valence-corrected chi connectivity index (χ0v) is 9.84. The zero-order valence-electron chi connectivity index (χ0n) is 9.03. The predicted octanol–water partition coefficient (Wildman–Crippen LogP) is 3.41. The van der Waals surface area contributed by atoms with Gasteiger partial charge in [0, 0.05) is 4.88 Å². The van der Waals surface area contributed by atoms with Gasteiger partial charge in [0.05, 0.1) is 6.04 Å². The van der Waals surface area contributed by atoms with Gasteiger partial charge >= 0.3 is 0 Å². The van der Waals surface area contributed by atoms with Crippen LogP contribution >= 0.6 is 11.3 Å². The molecule has 0 aliphatic rings. The monoisotopic (exact) mass is 217 g/mol. The Hall–Kier alpha value is -1.12. The largest absolute Gasteiger partial charge is 0.320 e. The maximum atomic E-state index is 6.22. The maximum absolute atomic E-state index is 6.22. The van der Waals surface area contributed by atoms with Crippen LogP contribution in [0, 0.1) is 13.8 Å². The summed E-state index contributed by atoms with van der Waals surface area (Å²) in [6.45, 7) is 4.23. The van der Waals surface area contributed by atoms with Crippen molar-refractivity contribution >= 4 is 11.3 Å². The van der Waals surface area contributed by atoms with Crippen LogP contribution < -0.4 is 5.73 Å². The third-order valence-corrected chi connectivity index (χ3v) is 3.57. The summed E-state index contributed by atoms with van der Waals surface area (Å²) < 4.78 is 0. The molecule has 1 atom stereocenters. The molecule has 0 bridgehead atoms. The molecule has 78 valence electrons. The van der Waals surface area contributed by atoms with E-state index in [0.717, 1.165) is 0 Å². The molecule has 0 aliphatic heterocycles. The number of hydrogen-bond acceptors (Lipinski definition) is 2. The summed E-state index contributed by atoms with van der Waals surface area (Å²) >= 11 is 1.71. The second kappa shape index (κ2) is 4.17. The van der Waals surface area contributed by atoms with Crippen LogP contribution in [0.2, 0.25) is 0 Å². The van der Waals surface area contributed by atoms with Crippen molar-refractivity contribution in [3.63, 3.8) is 0 Å². The van der Waals surface area contributed by atoms with Gasteiger partial charge in [-0.2, -0.15) is 0 Å². The highest BCUT2D eigenvalue weighted by atomic mass is 32.1. The third kappa shape index (κ3) is 2.11. The molecule has 2 rings (SSSR count). The van der Waals surface area contributed by atoms with Crippen molar-refractivity contribution in [3.8, 4) is 0 Å². The van der Waals surface area contributed by atoms with Crippen molar-refractivity contribution < 1.29 is 0 Å². The van der Waals surface area contributed by atoms with E-state index in [-0.39, 0.29) is 6.04 Å². The fourth-order valence-electron chi connectivity index (χ4n) is 1.80. The van der Waals surface area contributed by atoms with E-state index in [2.05, 4.69) is 43.5 Å². The number of nitrogens with two attached hydrogens (primary N) is 1. The Labute approximate surface area is 94.6 Å². The van der Waals surface area contributed by atoms with E-state index in [1.807, 2.05) is 6.07 Å². The minimum Gasteiger partial charge on any atom is -0.320 e. The number of thiophene rings is 1. The van der Waals surface area contributed by atoms with Crippen LogP contribution in [-0.4, -0.2) is 0 Å². The van der Waals surface area contributed by atoms with E-state index >= 15 is 0 Å². The van der Waals surface area contributed by atoms with Crippen molar-refractivity contribution in [1.29, 1.82) is 0 Å². The van der Waals surface area contributed by atoms with E-state index in [4.69, 9.17) is 5.73 Å². The molecule has 0 saturated carbocycles. The molecule has 0 aliphatic carbocycles. The van der Waals surface area contributed by atoms with E-state index in [1.54, 1.807) is 11.3 Å². The Morgan fingerprint density at radius 3 is 2.60 bits per heavy atom. The van der Waals surface area contributed by atoms with Crippen LogP contribution in [0.1, 0.15) is 27.6 Å². The molecular formula is C13H15NS. The topological polar surface area (TPSA) is 26.0 Å². The Kier molecular flexibility index (Phi) is 2.89. The molecule has 0 spiro atoms. The molecule has 2 heteroatoms. The van der Waals surface area contributed by atoms with Crippen molar-refractivity contribution in [1.82, 2.24) is 0 Å². The van der Waals surface area contributed by atoms with Crippen LogP contribution in [0.3, 0.4) is 0 Å². The summed E-state index contributed by atoms with van der Waals surface area (Å²) in [5.74, 6) is 0. The molecule has 2 N–H and O–H groups in total. The quantitative estimate of drug-likeness (QED) is 0.819. The lowest BCUT2D eigenvalue weighted by Crippen LogP contribution is -2.11. The van der Waals surface area contributed by atoms with Crippen molar-refractivity contribution in [2.45, 2.75) is 19.9 Å². The van der Waals surface area contributed by atoms with Gasteiger partial charge in [0.2, 0.25) is 0 Å². The minimum atomic E-state index is 0.0191. The molecule has 1 nitrogen and oxygen atoms in total. The second-order valence-electron chi connectivity index (χ2n) is 3.85. The van der Waals surface area contributed by atoms with Crippen molar-refractivity contribution in [2.75, 3.05) is 0 Å². The summed E-state index contributed by atoms with van der Waals surface area (Å²) in [5, 5.41) is 2.07. The summed E-state index contributed by atoms with van der Waals surface area (Å²) in [5.41, 5.74) is 10.0. The summed E-state index contributed by atoms with van der Waals surface area (Å²) in [4.78, 5) is 1.22. The molecule has 0 fully saturated rings. The van der Waals surface area contributed by atoms with E-state index < -0.39 is 0 Å². The van der Waals surface area contributed by atoms with Gasteiger partial charge in [-0.15, -0.1) is 11.3 Å². The van der Waals surface area contributed by atoms with Gasteiger partial charge in [0.15, 0.2) is 0 Å². The summed E-state index contributed by atoms with van der Waals surface area (Å²) in [6.07, 6.45) is 0. The van der Waals surface area contributed by atoms with Crippen molar-refractivity contribution in [3.05, 3.63) is 57.3 Å². The molecular weight excluding hydrogens is 202 g/mol. The average molecular weight is 217 g/mol. The first kappa shape index (κ1) is 10.4. The Balaban J connectivity index is 2.38. The molecule has 2 aromatic rings. The Morgan fingerprint density at radius 1 is 1.20 bits per heavy atom. The van der Waals surface area contributed by atoms with E-state index in [1.165, 1.54) is 21.6 Å². The molecule has 0 unspecified atom stereocenters. The van der Waals surface area contributed by atoms with Gasteiger partial charge in [-0.3, -0.25) is 0 Å². The lowest BCUT2D eigenvalue weighted by atomic mass is 9.99. The van der Waals surface area contributed by atoms with Crippen molar-refractivity contribution in [2.24, 2.45) is 5.73 Å². The van der Waals surface area contributed by atoms with Gasteiger partial charge in [0.1, 0.15) is 0 Å². The van der Waals surface area contributed by atoms with Crippen LogP contribution in [0.15, 0.2) is 35.7 Å².